The third-order valence-electron chi connectivity index (χ3n) is 4.71. The molecule has 150 valence electrons. The van der Waals surface area contributed by atoms with Gasteiger partial charge in [-0.05, 0) is 50.6 Å². The SMILES string of the molecule is Cc1ccc(CNC(=O)c2ccc(S(=O)(=O)N3C[C@@H](C)O[C@@H](C)C3)cc2)cc1. The van der Waals surface area contributed by atoms with E-state index < -0.39 is 10.0 Å². The number of hydrogen-bond donors (Lipinski definition) is 1. The molecule has 3 rings (SSSR count). The van der Waals surface area contributed by atoms with Crippen LogP contribution in [0.2, 0.25) is 0 Å². The number of nitrogens with one attached hydrogen (secondary N) is 1. The standard InChI is InChI=1S/C21H26N2O4S/c1-15-4-6-18(7-5-15)12-22-21(24)19-8-10-20(11-9-19)28(25,26)23-13-16(2)27-17(3)14-23/h4-11,16-17H,12-14H2,1-3H3,(H,22,24)/t16-,17+. The van der Waals surface area contributed by atoms with Gasteiger partial charge in [0.1, 0.15) is 0 Å². The van der Waals surface area contributed by atoms with E-state index in [1.165, 1.54) is 16.4 Å². The van der Waals surface area contributed by atoms with Crippen LogP contribution in [0.4, 0.5) is 0 Å². The van der Waals surface area contributed by atoms with Crippen LogP contribution in [0.15, 0.2) is 53.4 Å². The lowest BCUT2D eigenvalue weighted by Gasteiger charge is -2.34. The van der Waals surface area contributed by atoms with Crippen LogP contribution in [0.25, 0.3) is 0 Å². The van der Waals surface area contributed by atoms with Gasteiger partial charge in [0.25, 0.3) is 5.91 Å². The van der Waals surface area contributed by atoms with Gasteiger partial charge in [-0.3, -0.25) is 4.79 Å². The maximum atomic E-state index is 12.9. The molecule has 0 aliphatic carbocycles. The molecule has 0 spiro atoms. The molecule has 1 heterocycles. The zero-order chi connectivity index (χ0) is 20.3. The summed E-state index contributed by atoms with van der Waals surface area (Å²) in [5, 5.41) is 2.85. The van der Waals surface area contributed by atoms with Crippen molar-refractivity contribution in [3.8, 4) is 0 Å². The first-order chi connectivity index (χ1) is 13.3. The molecule has 2 aromatic carbocycles. The van der Waals surface area contributed by atoms with Crippen LogP contribution in [0.5, 0.6) is 0 Å². The molecular formula is C21H26N2O4S. The van der Waals surface area contributed by atoms with Gasteiger partial charge in [-0.15, -0.1) is 0 Å². The van der Waals surface area contributed by atoms with Gasteiger partial charge in [-0.2, -0.15) is 4.31 Å². The monoisotopic (exact) mass is 402 g/mol. The van der Waals surface area contributed by atoms with Crippen molar-refractivity contribution in [1.29, 1.82) is 0 Å². The first-order valence-corrected chi connectivity index (χ1v) is 10.8. The van der Waals surface area contributed by atoms with Gasteiger partial charge in [0.15, 0.2) is 0 Å². The van der Waals surface area contributed by atoms with Crippen molar-refractivity contribution in [1.82, 2.24) is 9.62 Å². The second kappa shape index (κ2) is 8.43. The van der Waals surface area contributed by atoms with Crippen LogP contribution in [0, 0.1) is 6.92 Å². The molecule has 2 aromatic rings. The van der Waals surface area contributed by atoms with Gasteiger partial charge in [0, 0.05) is 25.2 Å². The zero-order valence-electron chi connectivity index (χ0n) is 16.4. The van der Waals surface area contributed by atoms with Gasteiger partial charge in [0.05, 0.1) is 17.1 Å². The molecule has 1 fully saturated rings. The Morgan fingerprint density at radius 3 is 2.18 bits per heavy atom. The number of rotatable bonds is 5. The molecule has 1 N–H and O–H groups in total. The Labute approximate surface area is 166 Å². The molecule has 0 saturated carbocycles. The molecule has 0 bridgehead atoms. The van der Waals surface area contributed by atoms with Crippen molar-refractivity contribution in [2.24, 2.45) is 0 Å². The van der Waals surface area contributed by atoms with E-state index in [-0.39, 0.29) is 23.0 Å². The van der Waals surface area contributed by atoms with E-state index in [1.54, 1.807) is 12.1 Å². The number of aryl methyl sites for hydroxylation is 1. The fourth-order valence-corrected chi connectivity index (χ4v) is 4.84. The number of sulfonamides is 1. The van der Waals surface area contributed by atoms with Crippen molar-refractivity contribution in [3.05, 3.63) is 65.2 Å². The highest BCUT2D eigenvalue weighted by atomic mass is 32.2. The highest BCUT2D eigenvalue weighted by molar-refractivity contribution is 7.89. The Kier molecular flexibility index (Phi) is 6.17. The Morgan fingerprint density at radius 2 is 1.61 bits per heavy atom. The average molecular weight is 403 g/mol. The fourth-order valence-electron chi connectivity index (χ4n) is 3.24. The Hall–Kier alpha value is -2.22. The van der Waals surface area contributed by atoms with E-state index >= 15 is 0 Å². The molecule has 1 amide bonds. The number of benzene rings is 2. The summed E-state index contributed by atoms with van der Waals surface area (Å²) in [6.07, 6.45) is -0.296. The predicted molar refractivity (Wildman–Crippen MR) is 108 cm³/mol. The molecule has 0 unspecified atom stereocenters. The number of carbonyl (C=O) groups excluding carboxylic acids is 1. The van der Waals surface area contributed by atoms with Gasteiger partial charge in [-0.25, -0.2) is 8.42 Å². The van der Waals surface area contributed by atoms with Crippen LogP contribution in [0.1, 0.15) is 35.3 Å². The predicted octanol–water partition coefficient (Wildman–Crippen LogP) is 2.72. The zero-order valence-corrected chi connectivity index (χ0v) is 17.2. The molecular weight excluding hydrogens is 376 g/mol. The van der Waals surface area contributed by atoms with E-state index in [9.17, 15) is 13.2 Å². The van der Waals surface area contributed by atoms with Crippen molar-refractivity contribution in [2.45, 2.75) is 44.4 Å². The maximum absolute atomic E-state index is 12.9. The Bertz CT molecular complexity index is 914. The minimum atomic E-state index is -3.61. The molecule has 0 radical (unpaired) electrons. The highest BCUT2D eigenvalue weighted by Gasteiger charge is 2.32. The number of amides is 1. The summed E-state index contributed by atoms with van der Waals surface area (Å²) in [6, 6.07) is 14.0. The minimum absolute atomic E-state index is 0.148. The van der Waals surface area contributed by atoms with Gasteiger partial charge < -0.3 is 10.1 Å². The summed E-state index contributed by atoms with van der Waals surface area (Å²) < 4.78 is 32.8. The summed E-state index contributed by atoms with van der Waals surface area (Å²) >= 11 is 0. The van der Waals surface area contributed by atoms with Crippen LogP contribution in [-0.4, -0.2) is 43.9 Å². The first-order valence-electron chi connectivity index (χ1n) is 9.35. The molecule has 1 saturated heterocycles. The van der Waals surface area contributed by atoms with E-state index in [0.29, 0.717) is 25.2 Å². The lowest BCUT2D eigenvalue weighted by molar-refractivity contribution is -0.0440. The normalized spacial score (nSPS) is 20.7. The number of carbonyl (C=O) groups is 1. The van der Waals surface area contributed by atoms with Crippen LogP contribution < -0.4 is 5.32 Å². The van der Waals surface area contributed by atoms with Gasteiger partial charge in [0.2, 0.25) is 10.0 Å². The first kappa shape index (κ1) is 20.5. The highest BCUT2D eigenvalue weighted by Crippen LogP contribution is 2.21. The average Bonchev–Trinajstić information content (AvgIpc) is 2.66. The van der Waals surface area contributed by atoms with E-state index in [1.807, 2.05) is 45.0 Å². The molecule has 6 nitrogen and oxygen atoms in total. The summed E-state index contributed by atoms with van der Waals surface area (Å²) in [6.45, 7) is 6.80. The van der Waals surface area contributed by atoms with E-state index in [0.717, 1.165) is 11.1 Å². The minimum Gasteiger partial charge on any atom is -0.373 e. The summed E-state index contributed by atoms with van der Waals surface area (Å²) in [5.74, 6) is -0.238. The van der Waals surface area contributed by atoms with Crippen LogP contribution in [0.3, 0.4) is 0 Å². The summed E-state index contributed by atoms with van der Waals surface area (Å²) in [4.78, 5) is 12.5. The Morgan fingerprint density at radius 1 is 1.04 bits per heavy atom. The molecule has 1 aliphatic rings. The topological polar surface area (TPSA) is 75.7 Å². The van der Waals surface area contributed by atoms with Crippen molar-refractivity contribution in [3.63, 3.8) is 0 Å². The largest absolute Gasteiger partial charge is 0.373 e. The molecule has 0 aromatic heterocycles. The molecule has 7 heteroatoms. The third kappa shape index (κ3) is 4.79. The van der Waals surface area contributed by atoms with Crippen LogP contribution >= 0.6 is 0 Å². The second-order valence-corrected chi connectivity index (χ2v) is 9.21. The lowest BCUT2D eigenvalue weighted by atomic mass is 10.1. The van der Waals surface area contributed by atoms with Gasteiger partial charge in [-0.1, -0.05) is 29.8 Å². The third-order valence-corrected chi connectivity index (χ3v) is 6.56. The lowest BCUT2D eigenvalue weighted by Crippen LogP contribution is -2.48. The maximum Gasteiger partial charge on any atom is 0.251 e. The van der Waals surface area contributed by atoms with E-state index in [2.05, 4.69) is 5.32 Å². The van der Waals surface area contributed by atoms with Gasteiger partial charge >= 0.3 is 0 Å². The Balaban J connectivity index is 1.66. The molecule has 28 heavy (non-hydrogen) atoms. The smallest absolute Gasteiger partial charge is 0.251 e. The summed E-state index contributed by atoms with van der Waals surface area (Å²) in [7, 11) is -3.61. The van der Waals surface area contributed by atoms with Crippen LogP contribution in [-0.2, 0) is 21.3 Å². The number of morpholine rings is 1. The number of nitrogens with zero attached hydrogens (tertiary/aromatic N) is 1. The second-order valence-electron chi connectivity index (χ2n) is 7.27. The van der Waals surface area contributed by atoms with Crippen molar-refractivity contribution in [2.75, 3.05) is 13.1 Å². The number of hydrogen-bond acceptors (Lipinski definition) is 4. The molecule has 1 aliphatic heterocycles. The summed E-state index contributed by atoms with van der Waals surface area (Å²) in [5.41, 5.74) is 2.60. The molecule has 2 atom stereocenters. The van der Waals surface area contributed by atoms with E-state index in [4.69, 9.17) is 4.74 Å². The fraction of sp³-hybridized carbons (Fsp3) is 0.381. The quantitative estimate of drug-likeness (QED) is 0.834. The van der Waals surface area contributed by atoms with Crippen molar-refractivity contribution >= 4 is 15.9 Å². The van der Waals surface area contributed by atoms with Crippen molar-refractivity contribution < 1.29 is 17.9 Å². The number of ether oxygens (including phenoxy) is 1.